The van der Waals surface area contributed by atoms with Gasteiger partial charge in [-0.1, -0.05) is 12.1 Å². The maximum Gasteiger partial charge on any atom is 0.325 e. The molecule has 0 spiro atoms. The van der Waals surface area contributed by atoms with E-state index in [0.717, 1.165) is 9.80 Å². The molecule has 0 saturated carbocycles. The predicted octanol–water partition coefficient (Wildman–Crippen LogP) is 1.73. The van der Waals surface area contributed by atoms with Crippen LogP contribution < -0.4 is 5.32 Å². The number of rotatable bonds is 5. The van der Waals surface area contributed by atoms with Crippen molar-refractivity contribution in [2.75, 3.05) is 13.1 Å². The number of carbonyl (C=O) groups is 4. The molecule has 1 fully saturated rings. The number of furan rings is 1. The Hall–Kier alpha value is -3.42. The van der Waals surface area contributed by atoms with Crippen molar-refractivity contribution in [3.05, 3.63) is 59.5 Å². The first-order valence-corrected chi connectivity index (χ1v) is 8.57. The number of amides is 5. The molecule has 3 heterocycles. The first kappa shape index (κ1) is 17.0. The molecule has 5 amide bonds. The minimum absolute atomic E-state index is 0.0916. The zero-order valence-corrected chi connectivity index (χ0v) is 14.6. The van der Waals surface area contributed by atoms with Crippen molar-refractivity contribution in [2.24, 2.45) is 0 Å². The van der Waals surface area contributed by atoms with Gasteiger partial charge < -0.3 is 9.73 Å². The number of urea groups is 1. The lowest BCUT2D eigenvalue weighted by atomic mass is 9.99. The highest BCUT2D eigenvalue weighted by molar-refractivity contribution is 6.21. The Bertz CT molecular complexity index is 917. The molecule has 2 aromatic rings. The number of benzene rings is 1. The Balaban J connectivity index is 1.42. The average Bonchev–Trinajstić information content (AvgIpc) is 3.33. The Morgan fingerprint density at radius 1 is 0.926 bits per heavy atom. The third-order valence-corrected chi connectivity index (χ3v) is 4.93. The highest BCUT2D eigenvalue weighted by atomic mass is 16.3. The Morgan fingerprint density at radius 2 is 1.56 bits per heavy atom. The minimum Gasteiger partial charge on any atom is -0.466 e. The Labute approximate surface area is 154 Å². The van der Waals surface area contributed by atoms with Gasteiger partial charge in [0.15, 0.2) is 5.54 Å². The molecule has 4 rings (SSSR count). The molecule has 2 aliphatic heterocycles. The van der Waals surface area contributed by atoms with E-state index >= 15 is 0 Å². The van der Waals surface area contributed by atoms with Crippen molar-refractivity contribution in [1.82, 2.24) is 15.1 Å². The lowest BCUT2D eigenvalue weighted by Crippen LogP contribution is -2.41. The number of nitrogens with zero attached hydrogens (tertiary/aromatic N) is 2. The molecule has 2 aliphatic rings. The molecular weight excluding hydrogens is 350 g/mol. The first-order valence-electron chi connectivity index (χ1n) is 8.57. The molecule has 0 unspecified atom stereocenters. The van der Waals surface area contributed by atoms with E-state index in [2.05, 4.69) is 5.32 Å². The van der Waals surface area contributed by atoms with Gasteiger partial charge in [0.2, 0.25) is 0 Å². The van der Waals surface area contributed by atoms with Gasteiger partial charge in [-0.25, -0.2) is 4.79 Å². The predicted molar refractivity (Wildman–Crippen MR) is 92.7 cm³/mol. The molecule has 1 aromatic carbocycles. The number of hydrogen-bond donors (Lipinski definition) is 1. The van der Waals surface area contributed by atoms with Crippen LogP contribution in [0.15, 0.2) is 47.1 Å². The van der Waals surface area contributed by atoms with Crippen molar-refractivity contribution in [3.8, 4) is 0 Å². The van der Waals surface area contributed by atoms with Crippen molar-refractivity contribution in [1.29, 1.82) is 0 Å². The Morgan fingerprint density at radius 3 is 2.15 bits per heavy atom. The first-order chi connectivity index (χ1) is 12.9. The number of fused-ring (bicyclic) bond motifs is 1. The van der Waals surface area contributed by atoms with E-state index in [1.807, 2.05) is 0 Å². The lowest BCUT2D eigenvalue weighted by molar-refractivity contribution is -0.131. The van der Waals surface area contributed by atoms with Crippen molar-refractivity contribution < 1.29 is 23.6 Å². The van der Waals surface area contributed by atoms with Gasteiger partial charge in [-0.15, -0.1) is 0 Å². The standard InChI is InChI=1S/C19H17N3O5/c1-19(14-8-4-11-27-14)17(25)22(18(26)20-19)10-5-9-21-15(23)12-6-2-3-7-13(12)16(21)24/h2-4,6-8,11H,5,9-10H2,1H3,(H,20,26)/t19-/m0/s1. The van der Waals surface area contributed by atoms with E-state index in [1.54, 1.807) is 43.3 Å². The van der Waals surface area contributed by atoms with Crippen LogP contribution in [-0.2, 0) is 10.3 Å². The molecule has 8 nitrogen and oxygen atoms in total. The molecular formula is C19H17N3O5. The summed E-state index contributed by atoms with van der Waals surface area (Å²) in [4.78, 5) is 51.9. The lowest BCUT2D eigenvalue weighted by Gasteiger charge is -2.19. The molecule has 1 atom stereocenters. The fraction of sp³-hybridized carbons (Fsp3) is 0.263. The smallest absolute Gasteiger partial charge is 0.325 e. The minimum atomic E-state index is -1.25. The molecule has 1 N–H and O–H groups in total. The fourth-order valence-corrected chi connectivity index (χ4v) is 3.46. The van der Waals surface area contributed by atoms with Crippen LogP contribution in [0.5, 0.6) is 0 Å². The molecule has 8 heteroatoms. The maximum absolute atomic E-state index is 12.7. The SMILES string of the molecule is C[C@@]1(c2ccco2)NC(=O)N(CCCN2C(=O)c3ccccc3C2=O)C1=O. The second-order valence-electron chi connectivity index (χ2n) is 6.65. The number of imide groups is 2. The van der Waals surface area contributed by atoms with Crippen molar-refractivity contribution >= 4 is 23.8 Å². The summed E-state index contributed by atoms with van der Waals surface area (Å²) in [5.74, 6) is -0.782. The topological polar surface area (TPSA) is 99.9 Å². The molecule has 0 radical (unpaired) electrons. The fourth-order valence-electron chi connectivity index (χ4n) is 3.46. The van der Waals surface area contributed by atoms with Gasteiger partial charge in [-0.3, -0.25) is 24.2 Å². The number of carbonyl (C=O) groups excluding carboxylic acids is 4. The van der Waals surface area contributed by atoms with Gasteiger partial charge in [-0.2, -0.15) is 0 Å². The third-order valence-electron chi connectivity index (χ3n) is 4.93. The summed E-state index contributed by atoms with van der Waals surface area (Å²) in [5.41, 5.74) is -0.499. The molecule has 1 saturated heterocycles. The second kappa shape index (κ2) is 6.08. The molecule has 0 aliphatic carbocycles. The zero-order valence-electron chi connectivity index (χ0n) is 14.6. The Kier molecular flexibility index (Phi) is 3.83. The van der Waals surface area contributed by atoms with Crippen LogP contribution in [0.25, 0.3) is 0 Å². The van der Waals surface area contributed by atoms with Gasteiger partial charge in [0.25, 0.3) is 17.7 Å². The van der Waals surface area contributed by atoms with Crippen LogP contribution in [-0.4, -0.2) is 46.6 Å². The highest BCUT2D eigenvalue weighted by Crippen LogP contribution is 2.29. The second-order valence-corrected chi connectivity index (χ2v) is 6.65. The number of hydrogen-bond acceptors (Lipinski definition) is 5. The normalized spacial score (nSPS) is 21.8. The summed E-state index contributed by atoms with van der Waals surface area (Å²) in [6.07, 6.45) is 1.73. The molecule has 1 aromatic heterocycles. The molecule has 27 heavy (non-hydrogen) atoms. The van der Waals surface area contributed by atoms with Crippen LogP contribution in [0, 0.1) is 0 Å². The zero-order chi connectivity index (χ0) is 19.2. The van der Waals surface area contributed by atoms with Crippen LogP contribution >= 0.6 is 0 Å². The van der Waals surface area contributed by atoms with Crippen LogP contribution in [0.2, 0.25) is 0 Å². The summed E-state index contributed by atoms with van der Waals surface area (Å²) >= 11 is 0. The van der Waals surface area contributed by atoms with E-state index in [1.165, 1.54) is 6.26 Å². The van der Waals surface area contributed by atoms with Crippen molar-refractivity contribution in [3.63, 3.8) is 0 Å². The highest BCUT2D eigenvalue weighted by Gasteiger charge is 2.50. The van der Waals surface area contributed by atoms with Crippen LogP contribution in [0.3, 0.4) is 0 Å². The van der Waals surface area contributed by atoms with Gasteiger partial charge in [0, 0.05) is 13.1 Å². The quantitative estimate of drug-likeness (QED) is 0.641. The summed E-state index contributed by atoms with van der Waals surface area (Å²) in [6.45, 7) is 1.80. The maximum atomic E-state index is 12.7. The summed E-state index contributed by atoms with van der Waals surface area (Å²) in [5, 5.41) is 2.64. The van der Waals surface area contributed by atoms with E-state index in [-0.39, 0.29) is 24.9 Å². The van der Waals surface area contributed by atoms with Crippen LogP contribution in [0.4, 0.5) is 4.79 Å². The molecule has 138 valence electrons. The largest absolute Gasteiger partial charge is 0.466 e. The number of nitrogens with one attached hydrogen (secondary N) is 1. The summed E-state index contributed by atoms with van der Waals surface area (Å²) in [7, 11) is 0. The van der Waals surface area contributed by atoms with Crippen LogP contribution in [0.1, 0.15) is 39.8 Å². The van der Waals surface area contributed by atoms with Gasteiger partial charge in [0.1, 0.15) is 5.76 Å². The monoisotopic (exact) mass is 367 g/mol. The third kappa shape index (κ3) is 2.52. The molecule has 0 bridgehead atoms. The average molecular weight is 367 g/mol. The summed E-state index contributed by atoms with van der Waals surface area (Å²) in [6, 6.07) is 9.38. The van der Waals surface area contributed by atoms with Gasteiger partial charge >= 0.3 is 6.03 Å². The van der Waals surface area contributed by atoms with E-state index in [0.29, 0.717) is 23.3 Å². The van der Waals surface area contributed by atoms with Gasteiger partial charge in [0.05, 0.1) is 17.4 Å². The van der Waals surface area contributed by atoms with E-state index in [4.69, 9.17) is 4.42 Å². The van der Waals surface area contributed by atoms with Crippen molar-refractivity contribution in [2.45, 2.75) is 18.9 Å². The van der Waals surface area contributed by atoms with Gasteiger partial charge in [-0.05, 0) is 37.6 Å². The summed E-state index contributed by atoms with van der Waals surface area (Å²) < 4.78 is 5.28. The van der Waals surface area contributed by atoms with E-state index < -0.39 is 17.5 Å². The van der Waals surface area contributed by atoms with E-state index in [9.17, 15) is 19.2 Å².